The van der Waals surface area contributed by atoms with Crippen LogP contribution in [-0.4, -0.2) is 70.2 Å². The van der Waals surface area contributed by atoms with Crippen molar-refractivity contribution in [1.29, 1.82) is 0 Å². The predicted molar refractivity (Wildman–Crippen MR) is 131 cm³/mol. The molecule has 1 aliphatic rings. The summed E-state index contributed by atoms with van der Waals surface area (Å²) in [5.41, 5.74) is 6.58. The zero-order valence-corrected chi connectivity index (χ0v) is 18.7. The summed E-state index contributed by atoms with van der Waals surface area (Å²) < 4.78 is 5.66. The van der Waals surface area contributed by atoms with E-state index in [-0.39, 0.29) is 0 Å². The van der Waals surface area contributed by atoms with Gasteiger partial charge in [0.25, 0.3) is 0 Å². The number of anilines is 1. The summed E-state index contributed by atoms with van der Waals surface area (Å²) in [4.78, 5) is 25.6. The van der Waals surface area contributed by atoms with Gasteiger partial charge in [0.2, 0.25) is 0 Å². The molecule has 0 unspecified atom stereocenters. The second-order valence-electron chi connectivity index (χ2n) is 8.45. The predicted octanol–water partition coefficient (Wildman–Crippen LogP) is 3.93. The first kappa shape index (κ1) is 19.8. The fourth-order valence-corrected chi connectivity index (χ4v) is 4.40. The molecule has 166 valence electrons. The van der Waals surface area contributed by atoms with Crippen LogP contribution < -0.4 is 9.64 Å². The highest BCUT2D eigenvalue weighted by Crippen LogP contribution is 2.33. The molecule has 5 aromatic rings. The van der Waals surface area contributed by atoms with Crippen molar-refractivity contribution in [3.8, 4) is 28.7 Å². The molecule has 1 saturated heterocycles. The number of fused-ring (bicyclic) bond motifs is 2. The van der Waals surface area contributed by atoms with E-state index in [0.29, 0.717) is 11.6 Å². The molecule has 6 rings (SSSR count). The normalized spacial score (nSPS) is 14.9. The number of likely N-dealkylation sites (N-methyl/N-ethyl adjacent to an activating group) is 1. The molecular formula is C25H25N7O. The highest BCUT2D eigenvalue weighted by molar-refractivity contribution is 5.90. The minimum absolute atomic E-state index is 0.694. The zero-order valence-electron chi connectivity index (χ0n) is 18.7. The number of nitrogens with zero attached hydrogens (tertiary/aromatic N) is 5. The Kier molecular flexibility index (Phi) is 4.73. The molecule has 1 aliphatic heterocycles. The summed E-state index contributed by atoms with van der Waals surface area (Å²) in [6.45, 7) is 4.23. The Bertz CT molecular complexity index is 1430. The van der Waals surface area contributed by atoms with Crippen molar-refractivity contribution < 1.29 is 4.74 Å². The number of pyridine rings is 1. The summed E-state index contributed by atoms with van der Waals surface area (Å²) >= 11 is 0. The topological polar surface area (TPSA) is 86.0 Å². The molecule has 0 amide bonds. The molecule has 0 radical (unpaired) electrons. The molecule has 0 atom stereocenters. The molecule has 0 aliphatic carbocycles. The van der Waals surface area contributed by atoms with Crippen LogP contribution in [0.4, 0.5) is 5.69 Å². The Morgan fingerprint density at radius 1 is 0.879 bits per heavy atom. The fourth-order valence-electron chi connectivity index (χ4n) is 4.40. The molecular weight excluding hydrogens is 414 g/mol. The molecule has 33 heavy (non-hydrogen) atoms. The molecule has 8 nitrogen and oxygen atoms in total. The molecule has 0 bridgehead atoms. The Balaban J connectivity index is 1.38. The number of hydrogen-bond acceptors (Lipinski definition) is 6. The minimum Gasteiger partial charge on any atom is -0.494 e. The average Bonchev–Trinajstić information content (AvgIpc) is 3.48. The van der Waals surface area contributed by atoms with Crippen molar-refractivity contribution in [2.24, 2.45) is 0 Å². The van der Waals surface area contributed by atoms with Crippen LogP contribution in [0.5, 0.6) is 5.75 Å². The van der Waals surface area contributed by atoms with E-state index in [1.54, 1.807) is 13.3 Å². The van der Waals surface area contributed by atoms with Gasteiger partial charge in [-0.3, -0.25) is 4.98 Å². The average molecular weight is 440 g/mol. The van der Waals surface area contributed by atoms with Gasteiger partial charge in [0.15, 0.2) is 5.82 Å². The van der Waals surface area contributed by atoms with E-state index in [9.17, 15) is 0 Å². The number of hydrogen-bond donors (Lipinski definition) is 2. The largest absolute Gasteiger partial charge is 0.494 e. The molecule has 2 aromatic carbocycles. The van der Waals surface area contributed by atoms with Gasteiger partial charge in [-0.15, -0.1) is 0 Å². The van der Waals surface area contributed by atoms with Gasteiger partial charge in [0.1, 0.15) is 22.8 Å². The van der Waals surface area contributed by atoms with E-state index >= 15 is 0 Å². The SMILES string of the molecule is COc1cc(-c2nc3ccc(N4CCN(C)CC4)cc3[nH]2)cc2[nH]c(-c3ccccn3)nc12. The zero-order chi connectivity index (χ0) is 22.4. The van der Waals surface area contributed by atoms with Crippen molar-refractivity contribution in [1.82, 2.24) is 29.8 Å². The second kappa shape index (κ2) is 7.90. The van der Waals surface area contributed by atoms with Crippen LogP contribution in [0.15, 0.2) is 54.7 Å². The number of piperazine rings is 1. The maximum Gasteiger partial charge on any atom is 0.157 e. The van der Waals surface area contributed by atoms with Gasteiger partial charge in [0, 0.05) is 43.6 Å². The van der Waals surface area contributed by atoms with Gasteiger partial charge in [-0.25, -0.2) is 9.97 Å². The lowest BCUT2D eigenvalue weighted by Crippen LogP contribution is -2.44. The number of methoxy groups -OCH3 is 1. The third-order valence-electron chi connectivity index (χ3n) is 6.29. The van der Waals surface area contributed by atoms with Crippen LogP contribution in [0.2, 0.25) is 0 Å². The van der Waals surface area contributed by atoms with Crippen LogP contribution in [0.25, 0.3) is 45.0 Å². The van der Waals surface area contributed by atoms with E-state index in [1.807, 2.05) is 24.3 Å². The number of aromatic amines is 2. The van der Waals surface area contributed by atoms with Gasteiger partial charge >= 0.3 is 0 Å². The Hall–Kier alpha value is -3.91. The molecule has 0 spiro atoms. The number of rotatable bonds is 4. The monoisotopic (exact) mass is 439 g/mol. The molecule has 3 aromatic heterocycles. The maximum absolute atomic E-state index is 5.66. The Labute approximate surface area is 191 Å². The van der Waals surface area contributed by atoms with Crippen LogP contribution in [-0.2, 0) is 0 Å². The lowest BCUT2D eigenvalue weighted by molar-refractivity contribution is 0.313. The highest BCUT2D eigenvalue weighted by atomic mass is 16.5. The summed E-state index contributed by atoms with van der Waals surface area (Å²) in [7, 11) is 3.83. The first-order chi connectivity index (χ1) is 16.2. The smallest absolute Gasteiger partial charge is 0.157 e. The van der Waals surface area contributed by atoms with Gasteiger partial charge in [-0.2, -0.15) is 0 Å². The standard InChI is InChI=1S/C25H25N7O/c1-31-9-11-32(12-10-31)17-6-7-18-20(15-17)28-24(27-18)16-13-21-23(22(14-16)33-2)30-25(29-21)19-5-3-4-8-26-19/h3-8,13-15H,9-12H2,1-2H3,(H,27,28)(H,29,30). The molecule has 1 fully saturated rings. The molecule has 2 N–H and O–H groups in total. The number of benzene rings is 2. The maximum atomic E-state index is 5.66. The van der Waals surface area contributed by atoms with Crippen LogP contribution in [0, 0.1) is 0 Å². The van der Waals surface area contributed by atoms with Gasteiger partial charge in [0.05, 0.1) is 23.7 Å². The summed E-state index contributed by atoms with van der Waals surface area (Å²) in [5.74, 6) is 2.21. The first-order valence-electron chi connectivity index (χ1n) is 11.1. The molecule has 8 heteroatoms. The van der Waals surface area contributed by atoms with E-state index < -0.39 is 0 Å². The third kappa shape index (κ3) is 3.58. The van der Waals surface area contributed by atoms with Crippen molar-refractivity contribution in [3.63, 3.8) is 0 Å². The Morgan fingerprint density at radius 2 is 1.73 bits per heavy atom. The van der Waals surface area contributed by atoms with E-state index in [4.69, 9.17) is 14.7 Å². The lowest BCUT2D eigenvalue weighted by Gasteiger charge is -2.34. The lowest BCUT2D eigenvalue weighted by atomic mass is 10.1. The first-order valence-corrected chi connectivity index (χ1v) is 11.1. The van der Waals surface area contributed by atoms with Crippen LogP contribution >= 0.6 is 0 Å². The fraction of sp³-hybridized carbons (Fsp3) is 0.240. The van der Waals surface area contributed by atoms with Crippen molar-refractivity contribution in [2.45, 2.75) is 0 Å². The van der Waals surface area contributed by atoms with Crippen LogP contribution in [0.1, 0.15) is 0 Å². The minimum atomic E-state index is 0.694. The summed E-state index contributed by atoms with van der Waals surface area (Å²) in [6, 6.07) is 16.3. The van der Waals surface area contributed by atoms with Gasteiger partial charge in [-0.05, 0) is 49.5 Å². The van der Waals surface area contributed by atoms with Crippen molar-refractivity contribution in [3.05, 3.63) is 54.7 Å². The van der Waals surface area contributed by atoms with Gasteiger partial charge < -0.3 is 24.5 Å². The summed E-state index contributed by atoms with van der Waals surface area (Å²) in [5, 5.41) is 0. The number of nitrogens with one attached hydrogen (secondary N) is 2. The van der Waals surface area contributed by atoms with E-state index in [0.717, 1.165) is 65.3 Å². The number of ether oxygens (including phenoxy) is 1. The Morgan fingerprint density at radius 3 is 2.52 bits per heavy atom. The highest BCUT2D eigenvalue weighted by Gasteiger charge is 2.17. The number of H-pyrrole nitrogens is 2. The van der Waals surface area contributed by atoms with Crippen molar-refractivity contribution in [2.75, 3.05) is 45.2 Å². The summed E-state index contributed by atoms with van der Waals surface area (Å²) in [6.07, 6.45) is 1.76. The number of imidazole rings is 2. The quantitative estimate of drug-likeness (QED) is 0.441. The second-order valence-corrected chi connectivity index (χ2v) is 8.45. The van der Waals surface area contributed by atoms with Crippen LogP contribution in [0.3, 0.4) is 0 Å². The van der Waals surface area contributed by atoms with E-state index in [2.05, 4.69) is 56.1 Å². The van der Waals surface area contributed by atoms with Gasteiger partial charge in [-0.1, -0.05) is 6.07 Å². The molecule has 0 saturated carbocycles. The van der Waals surface area contributed by atoms with E-state index in [1.165, 1.54) is 5.69 Å². The number of aromatic nitrogens is 5. The van der Waals surface area contributed by atoms with Crippen molar-refractivity contribution >= 4 is 27.8 Å². The third-order valence-corrected chi connectivity index (χ3v) is 6.29. The molecule has 4 heterocycles.